The number of benzene rings is 2. The summed E-state index contributed by atoms with van der Waals surface area (Å²) in [6.45, 7) is 6.00. The molecular formula is C27H30N2O3. The Morgan fingerprint density at radius 1 is 1.03 bits per heavy atom. The quantitative estimate of drug-likeness (QED) is 0.615. The Morgan fingerprint density at radius 2 is 1.75 bits per heavy atom. The minimum Gasteiger partial charge on any atom is -0.472 e. The molecule has 1 aliphatic heterocycles. The molecule has 0 bridgehead atoms. The van der Waals surface area contributed by atoms with Gasteiger partial charge in [-0.25, -0.2) is 4.98 Å². The highest BCUT2D eigenvalue weighted by molar-refractivity contribution is 6.01. The summed E-state index contributed by atoms with van der Waals surface area (Å²) in [6, 6.07) is 21.5. The normalized spacial score (nSPS) is 18.9. The van der Waals surface area contributed by atoms with E-state index in [-0.39, 0.29) is 18.1 Å². The molecule has 0 aliphatic carbocycles. The van der Waals surface area contributed by atoms with Crippen LogP contribution in [0.1, 0.15) is 49.5 Å². The number of likely N-dealkylation sites (tertiary alicyclic amines) is 1. The molecule has 5 nitrogen and oxygen atoms in total. The van der Waals surface area contributed by atoms with Crippen molar-refractivity contribution in [2.45, 2.75) is 51.4 Å². The summed E-state index contributed by atoms with van der Waals surface area (Å²) in [5, 5.41) is 10.5. The van der Waals surface area contributed by atoms with Crippen LogP contribution in [0.25, 0.3) is 11.1 Å². The van der Waals surface area contributed by atoms with Gasteiger partial charge in [-0.2, -0.15) is 0 Å². The van der Waals surface area contributed by atoms with E-state index in [1.54, 1.807) is 26.1 Å². The molecule has 2 heterocycles. The highest BCUT2D eigenvalue weighted by Crippen LogP contribution is 2.31. The Morgan fingerprint density at radius 3 is 2.50 bits per heavy atom. The van der Waals surface area contributed by atoms with Crippen molar-refractivity contribution in [3.05, 3.63) is 84.1 Å². The molecule has 0 saturated carbocycles. The molecule has 3 aromatic rings. The molecule has 1 aromatic heterocycles. The smallest absolute Gasteiger partial charge is 0.254 e. The van der Waals surface area contributed by atoms with Crippen molar-refractivity contribution in [2.24, 2.45) is 0 Å². The summed E-state index contributed by atoms with van der Waals surface area (Å²) < 4.78 is 6.23. The second kappa shape index (κ2) is 9.13. The molecule has 1 saturated heterocycles. The lowest BCUT2D eigenvalue weighted by molar-refractivity contribution is 0.0326. The Labute approximate surface area is 189 Å². The molecule has 166 valence electrons. The average molecular weight is 431 g/mol. The van der Waals surface area contributed by atoms with E-state index in [2.05, 4.69) is 11.9 Å². The molecule has 1 amide bonds. The fourth-order valence-corrected chi connectivity index (χ4v) is 4.25. The van der Waals surface area contributed by atoms with Gasteiger partial charge in [0.1, 0.15) is 6.10 Å². The lowest BCUT2D eigenvalue weighted by atomic mass is 9.95. The molecule has 1 aliphatic rings. The first-order chi connectivity index (χ1) is 15.3. The van der Waals surface area contributed by atoms with Crippen LogP contribution in [0.5, 0.6) is 5.88 Å². The number of amides is 1. The van der Waals surface area contributed by atoms with Gasteiger partial charge in [-0.3, -0.25) is 4.79 Å². The molecule has 4 rings (SSSR count). The lowest BCUT2D eigenvalue weighted by Crippen LogP contribution is -2.49. The number of aromatic nitrogens is 1. The van der Waals surface area contributed by atoms with E-state index in [0.29, 0.717) is 23.6 Å². The van der Waals surface area contributed by atoms with Crippen LogP contribution in [0.15, 0.2) is 72.9 Å². The number of aliphatic hydroxyl groups is 1. The van der Waals surface area contributed by atoms with Crippen molar-refractivity contribution in [1.82, 2.24) is 9.88 Å². The third kappa shape index (κ3) is 4.68. The Bertz CT molecular complexity index is 1080. The Hall–Kier alpha value is -3.18. The van der Waals surface area contributed by atoms with Crippen molar-refractivity contribution in [3.8, 4) is 17.0 Å². The topological polar surface area (TPSA) is 62.7 Å². The molecule has 5 heteroatoms. The fourth-order valence-electron chi connectivity index (χ4n) is 4.25. The van der Waals surface area contributed by atoms with Gasteiger partial charge in [-0.1, -0.05) is 48.5 Å². The van der Waals surface area contributed by atoms with Gasteiger partial charge < -0.3 is 14.7 Å². The number of hydrogen-bond donors (Lipinski definition) is 1. The van der Waals surface area contributed by atoms with Crippen LogP contribution >= 0.6 is 0 Å². The number of carbonyl (C=O) groups excluding carboxylic acids is 1. The number of rotatable bonds is 5. The van der Waals surface area contributed by atoms with E-state index < -0.39 is 5.60 Å². The van der Waals surface area contributed by atoms with E-state index in [1.165, 1.54) is 0 Å². The van der Waals surface area contributed by atoms with Crippen molar-refractivity contribution in [2.75, 3.05) is 6.54 Å². The van der Waals surface area contributed by atoms with Gasteiger partial charge in [0.2, 0.25) is 5.88 Å². The SMILES string of the molecule is C[C@@H]1CC[C@@H](Oc2ncccc2C(C)(C)O)CN1C(=O)c1ccccc1-c1ccccc1. The van der Waals surface area contributed by atoms with Crippen molar-refractivity contribution in [3.63, 3.8) is 0 Å². The Kier molecular flexibility index (Phi) is 6.28. The van der Waals surface area contributed by atoms with Gasteiger partial charge in [-0.05, 0) is 62.9 Å². The largest absolute Gasteiger partial charge is 0.472 e. The first-order valence-electron chi connectivity index (χ1n) is 11.1. The monoisotopic (exact) mass is 430 g/mol. The molecular weight excluding hydrogens is 400 g/mol. The molecule has 2 atom stereocenters. The summed E-state index contributed by atoms with van der Waals surface area (Å²) in [5.74, 6) is 0.436. The Balaban J connectivity index is 1.58. The summed E-state index contributed by atoms with van der Waals surface area (Å²) in [5.41, 5.74) is 2.24. The van der Waals surface area contributed by atoms with Crippen molar-refractivity contribution in [1.29, 1.82) is 0 Å². The van der Waals surface area contributed by atoms with Crippen molar-refractivity contribution < 1.29 is 14.6 Å². The minimum absolute atomic E-state index is 0.00832. The maximum absolute atomic E-state index is 13.6. The van der Waals surface area contributed by atoms with Crippen LogP contribution in [0.3, 0.4) is 0 Å². The van der Waals surface area contributed by atoms with Gasteiger partial charge in [0, 0.05) is 23.4 Å². The number of carbonyl (C=O) groups is 1. The number of nitrogens with zero attached hydrogens (tertiary/aromatic N) is 2. The van der Waals surface area contributed by atoms with Gasteiger partial charge in [0.05, 0.1) is 12.1 Å². The van der Waals surface area contributed by atoms with Gasteiger partial charge in [0.15, 0.2) is 0 Å². The van der Waals surface area contributed by atoms with Gasteiger partial charge >= 0.3 is 0 Å². The third-order valence-corrected chi connectivity index (χ3v) is 6.05. The zero-order chi connectivity index (χ0) is 22.7. The predicted octanol–water partition coefficient (Wildman–Crippen LogP) is 5.05. The van der Waals surface area contributed by atoms with Crippen LogP contribution in [-0.2, 0) is 5.60 Å². The molecule has 32 heavy (non-hydrogen) atoms. The summed E-state index contributed by atoms with van der Waals surface area (Å²) in [7, 11) is 0. The first-order valence-corrected chi connectivity index (χ1v) is 11.1. The van der Waals surface area contributed by atoms with Gasteiger partial charge in [0.25, 0.3) is 5.91 Å². The molecule has 2 aromatic carbocycles. The van der Waals surface area contributed by atoms with E-state index in [1.807, 2.05) is 65.6 Å². The summed E-state index contributed by atoms with van der Waals surface area (Å²) in [6.07, 6.45) is 3.15. The lowest BCUT2D eigenvalue weighted by Gasteiger charge is -2.38. The zero-order valence-electron chi connectivity index (χ0n) is 18.9. The third-order valence-electron chi connectivity index (χ3n) is 6.05. The van der Waals surface area contributed by atoms with E-state index in [0.717, 1.165) is 24.0 Å². The van der Waals surface area contributed by atoms with Gasteiger partial charge in [-0.15, -0.1) is 0 Å². The van der Waals surface area contributed by atoms with E-state index in [9.17, 15) is 9.90 Å². The highest BCUT2D eigenvalue weighted by atomic mass is 16.5. The maximum atomic E-state index is 13.6. The molecule has 0 spiro atoms. The number of piperidine rings is 1. The standard InChI is InChI=1S/C27H30N2O3/c1-19-15-16-21(32-25-24(27(2,3)31)14-9-17-28-25)18-29(19)26(30)23-13-8-7-12-22(23)20-10-5-4-6-11-20/h4-14,17,19,21,31H,15-16,18H2,1-3H3/t19-,21-/m1/s1. The summed E-state index contributed by atoms with van der Waals surface area (Å²) >= 11 is 0. The molecule has 0 radical (unpaired) electrons. The van der Waals surface area contributed by atoms with E-state index >= 15 is 0 Å². The fraction of sp³-hybridized carbons (Fsp3) is 0.333. The van der Waals surface area contributed by atoms with Crippen LogP contribution in [0.2, 0.25) is 0 Å². The van der Waals surface area contributed by atoms with Crippen LogP contribution in [0.4, 0.5) is 0 Å². The molecule has 1 N–H and O–H groups in total. The number of pyridine rings is 1. The number of ether oxygens (including phenoxy) is 1. The number of hydrogen-bond acceptors (Lipinski definition) is 4. The first kappa shape index (κ1) is 22.0. The second-order valence-electron chi connectivity index (χ2n) is 8.95. The zero-order valence-corrected chi connectivity index (χ0v) is 18.9. The highest BCUT2D eigenvalue weighted by Gasteiger charge is 2.33. The molecule has 1 fully saturated rings. The minimum atomic E-state index is -1.06. The van der Waals surface area contributed by atoms with Crippen LogP contribution < -0.4 is 4.74 Å². The van der Waals surface area contributed by atoms with E-state index in [4.69, 9.17) is 4.74 Å². The van der Waals surface area contributed by atoms with Crippen molar-refractivity contribution >= 4 is 5.91 Å². The molecule has 0 unspecified atom stereocenters. The maximum Gasteiger partial charge on any atom is 0.254 e. The second-order valence-corrected chi connectivity index (χ2v) is 8.95. The predicted molar refractivity (Wildman–Crippen MR) is 126 cm³/mol. The average Bonchev–Trinajstić information content (AvgIpc) is 2.80. The van der Waals surface area contributed by atoms with Crippen LogP contribution in [-0.4, -0.2) is 39.6 Å². The van der Waals surface area contributed by atoms with Crippen LogP contribution in [0, 0.1) is 0 Å². The summed E-state index contributed by atoms with van der Waals surface area (Å²) in [4.78, 5) is 19.9.